The molecule has 1 aromatic rings. The summed E-state index contributed by atoms with van der Waals surface area (Å²) < 4.78 is 0. The van der Waals surface area contributed by atoms with Crippen LogP contribution in [0.3, 0.4) is 0 Å². The number of carboxylic acid groups (broad SMARTS) is 1. The van der Waals surface area contributed by atoms with Crippen LogP contribution in [0.2, 0.25) is 0 Å². The topological polar surface area (TPSA) is 66.4 Å². The summed E-state index contributed by atoms with van der Waals surface area (Å²) in [5, 5.41) is 12.2. The van der Waals surface area contributed by atoms with Crippen molar-refractivity contribution in [2.45, 2.75) is 19.8 Å². The van der Waals surface area contributed by atoms with E-state index in [2.05, 4.69) is 5.32 Å². The lowest BCUT2D eigenvalue weighted by Gasteiger charge is -2.27. The third-order valence-electron chi connectivity index (χ3n) is 3.87. The normalized spacial score (nSPS) is 19.8. The van der Waals surface area contributed by atoms with Gasteiger partial charge in [-0.15, -0.1) is 12.4 Å². The van der Waals surface area contributed by atoms with Crippen molar-refractivity contribution in [2.24, 2.45) is 11.8 Å². The molecule has 0 bridgehead atoms. The quantitative estimate of drug-likeness (QED) is 0.839. The van der Waals surface area contributed by atoms with Gasteiger partial charge in [0.15, 0.2) is 5.78 Å². The maximum absolute atomic E-state index is 12.3. The number of halogens is 1. The molecular weight excluding hydrogens is 278 g/mol. The molecule has 2 atom stereocenters. The molecule has 2 rings (SSSR count). The van der Waals surface area contributed by atoms with Crippen molar-refractivity contribution < 1.29 is 14.7 Å². The minimum Gasteiger partial charge on any atom is -0.478 e. The van der Waals surface area contributed by atoms with Crippen LogP contribution in [0.25, 0.3) is 0 Å². The Hall–Kier alpha value is -1.39. The van der Waals surface area contributed by atoms with E-state index < -0.39 is 5.97 Å². The lowest BCUT2D eigenvalue weighted by Crippen LogP contribution is -2.36. The number of ketones is 1. The molecule has 0 spiro atoms. The van der Waals surface area contributed by atoms with Crippen LogP contribution in [0.1, 0.15) is 40.5 Å². The van der Waals surface area contributed by atoms with Gasteiger partial charge in [0.05, 0.1) is 5.56 Å². The fourth-order valence-electron chi connectivity index (χ4n) is 2.56. The van der Waals surface area contributed by atoms with Gasteiger partial charge in [-0.05, 0) is 44.0 Å². The standard InChI is InChI=1S/C15H19NO3.ClH/c1-10(13-3-2-8-16-9-13)14(17)11-4-6-12(7-5-11)15(18)19;/h4-7,10,13,16H,2-3,8-9H2,1H3,(H,18,19);1H. The zero-order valence-corrected chi connectivity index (χ0v) is 12.3. The Morgan fingerprint density at radius 2 is 1.85 bits per heavy atom. The van der Waals surface area contributed by atoms with Crippen molar-refractivity contribution in [2.75, 3.05) is 13.1 Å². The first-order valence-electron chi connectivity index (χ1n) is 6.68. The number of benzene rings is 1. The van der Waals surface area contributed by atoms with E-state index >= 15 is 0 Å². The first-order chi connectivity index (χ1) is 9.09. The fraction of sp³-hybridized carbons (Fsp3) is 0.467. The van der Waals surface area contributed by atoms with Crippen LogP contribution in [-0.4, -0.2) is 29.9 Å². The molecule has 2 unspecified atom stereocenters. The number of hydrogen-bond donors (Lipinski definition) is 2. The number of nitrogens with one attached hydrogen (secondary N) is 1. The molecule has 20 heavy (non-hydrogen) atoms. The lowest BCUT2D eigenvalue weighted by atomic mass is 9.82. The van der Waals surface area contributed by atoms with Gasteiger partial charge in [0.25, 0.3) is 0 Å². The Morgan fingerprint density at radius 3 is 2.35 bits per heavy atom. The second-order valence-corrected chi connectivity index (χ2v) is 5.14. The van der Waals surface area contributed by atoms with Crippen molar-refractivity contribution in [3.8, 4) is 0 Å². The molecule has 4 nitrogen and oxygen atoms in total. The molecular formula is C15H20ClNO3. The van der Waals surface area contributed by atoms with Crippen LogP contribution in [0.15, 0.2) is 24.3 Å². The Morgan fingerprint density at radius 1 is 1.25 bits per heavy atom. The minimum absolute atomic E-state index is 0. The molecule has 5 heteroatoms. The zero-order chi connectivity index (χ0) is 13.8. The summed E-state index contributed by atoms with van der Waals surface area (Å²) in [5.41, 5.74) is 0.812. The van der Waals surface area contributed by atoms with Gasteiger partial charge in [-0.3, -0.25) is 4.79 Å². The average molecular weight is 298 g/mol. The zero-order valence-electron chi connectivity index (χ0n) is 11.5. The fourth-order valence-corrected chi connectivity index (χ4v) is 2.56. The predicted octanol–water partition coefficient (Wildman–Crippen LogP) is 2.63. The van der Waals surface area contributed by atoms with Gasteiger partial charge in [0, 0.05) is 11.5 Å². The van der Waals surface area contributed by atoms with Gasteiger partial charge in [-0.1, -0.05) is 19.1 Å². The van der Waals surface area contributed by atoms with Crippen LogP contribution in [0.4, 0.5) is 0 Å². The van der Waals surface area contributed by atoms with Crippen molar-refractivity contribution >= 4 is 24.2 Å². The molecule has 1 saturated heterocycles. The van der Waals surface area contributed by atoms with Crippen molar-refractivity contribution in [3.05, 3.63) is 35.4 Å². The minimum atomic E-state index is -0.969. The third kappa shape index (κ3) is 3.81. The van der Waals surface area contributed by atoms with Crippen LogP contribution >= 0.6 is 12.4 Å². The van der Waals surface area contributed by atoms with Gasteiger partial charge in [-0.25, -0.2) is 4.79 Å². The summed E-state index contributed by atoms with van der Waals surface area (Å²) >= 11 is 0. The molecule has 1 aliphatic rings. The maximum atomic E-state index is 12.3. The summed E-state index contributed by atoms with van der Waals surface area (Å²) in [6.45, 7) is 3.88. The van der Waals surface area contributed by atoms with E-state index in [-0.39, 0.29) is 29.7 Å². The van der Waals surface area contributed by atoms with E-state index in [0.717, 1.165) is 25.9 Å². The van der Waals surface area contributed by atoms with E-state index in [0.29, 0.717) is 11.5 Å². The molecule has 0 aliphatic carbocycles. The van der Waals surface area contributed by atoms with E-state index in [1.54, 1.807) is 12.1 Å². The number of carbonyl (C=O) groups excluding carboxylic acids is 1. The highest BCUT2D eigenvalue weighted by Gasteiger charge is 2.26. The molecule has 1 heterocycles. The number of carboxylic acids is 1. The highest BCUT2D eigenvalue weighted by Crippen LogP contribution is 2.23. The second kappa shape index (κ2) is 7.41. The van der Waals surface area contributed by atoms with Crippen LogP contribution in [0, 0.1) is 11.8 Å². The van der Waals surface area contributed by atoms with Crippen LogP contribution in [0.5, 0.6) is 0 Å². The van der Waals surface area contributed by atoms with Gasteiger partial charge in [0.1, 0.15) is 0 Å². The number of hydrogen-bond acceptors (Lipinski definition) is 3. The summed E-state index contributed by atoms with van der Waals surface area (Å²) in [4.78, 5) is 23.1. The second-order valence-electron chi connectivity index (χ2n) is 5.14. The first-order valence-corrected chi connectivity index (χ1v) is 6.68. The highest BCUT2D eigenvalue weighted by molar-refractivity contribution is 5.98. The number of Topliss-reactive ketones (excluding diaryl/α,β-unsaturated/α-hetero) is 1. The third-order valence-corrected chi connectivity index (χ3v) is 3.87. The molecule has 1 fully saturated rings. The molecule has 0 amide bonds. The van der Waals surface area contributed by atoms with E-state index in [1.807, 2.05) is 6.92 Å². The van der Waals surface area contributed by atoms with E-state index in [9.17, 15) is 9.59 Å². The molecule has 110 valence electrons. The van der Waals surface area contributed by atoms with Crippen molar-refractivity contribution in [1.29, 1.82) is 0 Å². The lowest BCUT2D eigenvalue weighted by molar-refractivity contribution is 0.0696. The first kappa shape index (κ1) is 16.7. The smallest absolute Gasteiger partial charge is 0.335 e. The predicted molar refractivity (Wildman–Crippen MR) is 79.7 cm³/mol. The van der Waals surface area contributed by atoms with Crippen LogP contribution in [-0.2, 0) is 0 Å². The molecule has 1 aromatic carbocycles. The maximum Gasteiger partial charge on any atom is 0.335 e. The summed E-state index contributed by atoms with van der Waals surface area (Å²) in [7, 11) is 0. The Labute approximate surface area is 125 Å². The highest BCUT2D eigenvalue weighted by atomic mass is 35.5. The number of rotatable bonds is 4. The summed E-state index contributed by atoms with van der Waals surface area (Å²) in [6, 6.07) is 6.19. The number of aromatic carboxylic acids is 1. The Bertz CT molecular complexity index is 467. The van der Waals surface area contributed by atoms with Gasteiger partial charge in [0.2, 0.25) is 0 Å². The largest absolute Gasteiger partial charge is 0.478 e. The van der Waals surface area contributed by atoms with Crippen molar-refractivity contribution in [3.63, 3.8) is 0 Å². The number of carbonyl (C=O) groups is 2. The monoisotopic (exact) mass is 297 g/mol. The Balaban J connectivity index is 0.00000200. The van der Waals surface area contributed by atoms with Crippen LogP contribution < -0.4 is 5.32 Å². The molecule has 2 N–H and O–H groups in total. The molecule has 0 aromatic heterocycles. The molecule has 1 aliphatic heterocycles. The van der Waals surface area contributed by atoms with E-state index in [4.69, 9.17) is 5.11 Å². The van der Waals surface area contributed by atoms with Gasteiger partial charge < -0.3 is 10.4 Å². The van der Waals surface area contributed by atoms with Crippen molar-refractivity contribution in [1.82, 2.24) is 5.32 Å². The number of piperidine rings is 1. The molecule has 0 radical (unpaired) electrons. The summed E-state index contributed by atoms with van der Waals surface area (Å²) in [6.07, 6.45) is 2.19. The van der Waals surface area contributed by atoms with Gasteiger partial charge in [-0.2, -0.15) is 0 Å². The average Bonchev–Trinajstić information content (AvgIpc) is 2.46. The van der Waals surface area contributed by atoms with Gasteiger partial charge >= 0.3 is 5.97 Å². The Kier molecular flexibility index (Phi) is 6.17. The summed E-state index contributed by atoms with van der Waals surface area (Å²) in [5.74, 6) is -0.516. The molecule has 0 saturated carbocycles. The SMILES string of the molecule is CC(C(=O)c1ccc(C(=O)O)cc1)C1CCCNC1.Cl. The van der Waals surface area contributed by atoms with E-state index in [1.165, 1.54) is 12.1 Å².